The Labute approximate surface area is 131 Å². The van der Waals surface area contributed by atoms with Gasteiger partial charge in [0.2, 0.25) is 0 Å². The number of rotatable bonds is 3. The largest absolute Gasteiger partial charge is 0.383 e. The Bertz CT molecular complexity index is 639. The van der Waals surface area contributed by atoms with Gasteiger partial charge in [0.15, 0.2) is 0 Å². The minimum atomic E-state index is 0.507. The molecule has 2 aromatic rings. The highest BCUT2D eigenvalue weighted by molar-refractivity contribution is 7.18. The summed E-state index contributed by atoms with van der Waals surface area (Å²) >= 11 is 1.75. The van der Waals surface area contributed by atoms with E-state index in [1.54, 1.807) is 11.3 Å². The minimum Gasteiger partial charge on any atom is -0.383 e. The van der Waals surface area contributed by atoms with E-state index in [4.69, 9.17) is 10.7 Å². The molecule has 0 spiro atoms. The zero-order chi connectivity index (χ0) is 15.0. The van der Waals surface area contributed by atoms with E-state index < -0.39 is 0 Å². The number of thiophene rings is 1. The second-order valence-electron chi connectivity index (χ2n) is 6.44. The van der Waals surface area contributed by atoms with Crippen molar-refractivity contribution in [3.05, 3.63) is 16.3 Å². The molecule has 2 N–H and O–H groups in total. The molecule has 0 unspecified atom stereocenters. The van der Waals surface area contributed by atoms with Crippen LogP contribution in [0.2, 0.25) is 0 Å². The monoisotopic (exact) mass is 303 g/mol. The Hall–Kier alpha value is -1.16. The van der Waals surface area contributed by atoms with Gasteiger partial charge >= 0.3 is 0 Å². The molecule has 114 valence electrons. The molecule has 4 heteroatoms. The lowest BCUT2D eigenvalue weighted by atomic mass is 9.80. The molecule has 0 saturated heterocycles. The first-order chi connectivity index (χ1) is 10.1. The number of hydrogen-bond donors (Lipinski definition) is 1. The van der Waals surface area contributed by atoms with Crippen LogP contribution in [0.3, 0.4) is 0 Å². The Morgan fingerprint density at radius 2 is 1.86 bits per heavy atom. The van der Waals surface area contributed by atoms with Crippen molar-refractivity contribution in [1.29, 1.82) is 0 Å². The molecule has 0 bridgehead atoms. The molecule has 1 saturated carbocycles. The van der Waals surface area contributed by atoms with Gasteiger partial charge in [-0.25, -0.2) is 9.97 Å². The van der Waals surface area contributed by atoms with E-state index >= 15 is 0 Å². The third kappa shape index (κ3) is 2.78. The van der Waals surface area contributed by atoms with Crippen molar-refractivity contribution in [2.24, 2.45) is 5.92 Å². The smallest absolute Gasteiger partial charge is 0.136 e. The van der Waals surface area contributed by atoms with Gasteiger partial charge < -0.3 is 5.73 Å². The molecule has 0 amide bonds. The Balaban J connectivity index is 1.85. The SMILES string of the molecule is CCCC1CCC(c2nc(N)c3c(C)c(C)sc3n2)CC1. The maximum Gasteiger partial charge on any atom is 0.136 e. The zero-order valence-electron chi connectivity index (χ0n) is 13.3. The number of anilines is 1. The van der Waals surface area contributed by atoms with Gasteiger partial charge in [0.05, 0.1) is 5.39 Å². The normalized spacial score (nSPS) is 22.8. The summed E-state index contributed by atoms with van der Waals surface area (Å²) in [4.78, 5) is 11.9. The predicted molar refractivity (Wildman–Crippen MR) is 90.9 cm³/mol. The number of aromatic nitrogens is 2. The van der Waals surface area contributed by atoms with Crippen LogP contribution in [-0.4, -0.2) is 9.97 Å². The van der Waals surface area contributed by atoms with Crippen LogP contribution in [-0.2, 0) is 0 Å². The summed E-state index contributed by atoms with van der Waals surface area (Å²) in [5, 5.41) is 1.07. The average molecular weight is 303 g/mol. The number of aryl methyl sites for hydroxylation is 2. The van der Waals surface area contributed by atoms with Crippen LogP contribution < -0.4 is 5.73 Å². The summed E-state index contributed by atoms with van der Waals surface area (Å²) in [5.41, 5.74) is 7.45. The first-order valence-electron chi connectivity index (χ1n) is 8.13. The van der Waals surface area contributed by atoms with Crippen LogP contribution >= 0.6 is 11.3 Å². The van der Waals surface area contributed by atoms with Crippen LogP contribution in [0, 0.1) is 19.8 Å². The summed E-state index contributed by atoms with van der Waals surface area (Å²) in [7, 11) is 0. The maximum absolute atomic E-state index is 6.21. The van der Waals surface area contributed by atoms with Crippen LogP contribution in [0.1, 0.15) is 67.6 Å². The highest BCUT2D eigenvalue weighted by atomic mass is 32.1. The molecular formula is C17H25N3S. The third-order valence-corrected chi connectivity index (χ3v) is 6.08. The standard InChI is InChI=1S/C17H25N3S/c1-4-5-12-6-8-13(9-7-12)16-19-15(18)14-10(2)11(3)21-17(14)20-16/h12-13H,4-9H2,1-3H3,(H2,18,19,20). The molecule has 0 atom stereocenters. The first kappa shape index (κ1) is 14.8. The molecule has 0 aromatic carbocycles. The number of nitrogens with zero attached hydrogens (tertiary/aromatic N) is 2. The average Bonchev–Trinajstić information content (AvgIpc) is 2.75. The minimum absolute atomic E-state index is 0.507. The van der Waals surface area contributed by atoms with Crippen molar-refractivity contribution in [3.63, 3.8) is 0 Å². The van der Waals surface area contributed by atoms with E-state index in [-0.39, 0.29) is 0 Å². The molecule has 21 heavy (non-hydrogen) atoms. The molecule has 2 heterocycles. The van der Waals surface area contributed by atoms with Crippen molar-refractivity contribution in [1.82, 2.24) is 9.97 Å². The summed E-state index contributed by atoms with van der Waals surface area (Å²) < 4.78 is 0. The van der Waals surface area contributed by atoms with Crippen molar-refractivity contribution in [2.45, 2.75) is 65.2 Å². The summed E-state index contributed by atoms with van der Waals surface area (Å²) in [6.07, 6.45) is 7.76. The highest BCUT2D eigenvalue weighted by Crippen LogP contribution is 2.38. The van der Waals surface area contributed by atoms with Gasteiger partial charge in [-0.15, -0.1) is 11.3 Å². The lowest BCUT2D eigenvalue weighted by Gasteiger charge is -2.27. The molecule has 3 nitrogen and oxygen atoms in total. The van der Waals surface area contributed by atoms with Crippen LogP contribution in [0.4, 0.5) is 5.82 Å². The Morgan fingerprint density at radius 3 is 2.52 bits per heavy atom. The van der Waals surface area contributed by atoms with E-state index in [0.717, 1.165) is 22.0 Å². The number of fused-ring (bicyclic) bond motifs is 1. The second kappa shape index (κ2) is 5.91. The maximum atomic E-state index is 6.21. The van der Waals surface area contributed by atoms with Crippen LogP contribution in [0.15, 0.2) is 0 Å². The van der Waals surface area contributed by atoms with Gasteiger partial charge in [-0.1, -0.05) is 19.8 Å². The first-order valence-corrected chi connectivity index (χ1v) is 8.94. The fourth-order valence-corrected chi connectivity index (χ4v) is 4.64. The molecule has 1 aliphatic rings. The third-order valence-electron chi connectivity index (χ3n) is 4.98. The number of nitrogens with two attached hydrogens (primary N) is 1. The molecule has 3 rings (SSSR count). The van der Waals surface area contributed by atoms with Gasteiger partial charge in [0.25, 0.3) is 0 Å². The predicted octanol–water partition coefficient (Wildman–Crippen LogP) is 4.96. The topological polar surface area (TPSA) is 51.8 Å². The molecule has 1 fully saturated rings. The van der Waals surface area contributed by atoms with Gasteiger partial charge in [-0.05, 0) is 51.0 Å². The van der Waals surface area contributed by atoms with Crippen molar-refractivity contribution in [3.8, 4) is 0 Å². The molecule has 0 radical (unpaired) electrons. The van der Waals surface area contributed by atoms with Crippen LogP contribution in [0.25, 0.3) is 10.2 Å². The molecule has 2 aromatic heterocycles. The van der Waals surface area contributed by atoms with Crippen molar-refractivity contribution in [2.75, 3.05) is 5.73 Å². The van der Waals surface area contributed by atoms with E-state index in [1.807, 2.05) is 0 Å². The van der Waals surface area contributed by atoms with Crippen molar-refractivity contribution < 1.29 is 0 Å². The van der Waals surface area contributed by atoms with Gasteiger partial charge in [0, 0.05) is 10.8 Å². The van der Waals surface area contributed by atoms with Crippen LogP contribution in [0.5, 0.6) is 0 Å². The Morgan fingerprint density at radius 1 is 1.14 bits per heavy atom. The summed E-state index contributed by atoms with van der Waals surface area (Å²) in [5.74, 6) is 3.08. The van der Waals surface area contributed by atoms with Gasteiger partial charge in [-0.3, -0.25) is 0 Å². The van der Waals surface area contributed by atoms with E-state index in [1.165, 1.54) is 49.0 Å². The molecule has 1 aliphatic carbocycles. The number of hydrogen-bond acceptors (Lipinski definition) is 4. The van der Waals surface area contributed by atoms with Gasteiger partial charge in [0.1, 0.15) is 16.5 Å². The highest BCUT2D eigenvalue weighted by Gasteiger charge is 2.25. The quantitative estimate of drug-likeness (QED) is 0.871. The van der Waals surface area contributed by atoms with E-state index in [2.05, 4.69) is 25.8 Å². The fourth-order valence-electron chi connectivity index (χ4n) is 3.60. The van der Waals surface area contributed by atoms with Gasteiger partial charge in [-0.2, -0.15) is 0 Å². The molecular weight excluding hydrogens is 278 g/mol. The Kier molecular flexibility index (Phi) is 4.16. The lowest BCUT2D eigenvalue weighted by Crippen LogP contribution is -2.15. The lowest BCUT2D eigenvalue weighted by molar-refractivity contribution is 0.303. The second-order valence-corrected chi connectivity index (χ2v) is 7.64. The molecule has 0 aliphatic heterocycles. The van der Waals surface area contributed by atoms with E-state index in [0.29, 0.717) is 11.7 Å². The van der Waals surface area contributed by atoms with Crippen molar-refractivity contribution >= 4 is 27.4 Å². The zero-order valence-corrected chi connectivity index (χ0v) is 14.1. The summed E-state index contributed by atoms with van der Waals surface area (Å²) in [6, 6.07) is 0. The summed E-state index contributed by atoms with van der Waals surface area (Å²) in [6.45, 7) is 6.53. The fraction of sp³-hybridized carbons (Fsp3) is 0.647. The van der Waals surface area contributed by atoms with E-state index in [9.17, 15) is 0 Å². The number of nitrogen functional groups attached to an aromatic ring is 1.